The Kier molecular flexibility index (Phi) is 4.43. The minimum atomic E-state index is 0.0772. The molecule has 6 rings (SSSR count). The van der Waals surface area contributed by atoms with E-state index in [1.54, 1.807) is 0 Å². The van der Waals surface area contributed by atoms with E-state index in [0.717, 1.165) is 95.1 Å². The minimum absolute atomic E-state index is 0.0772. The number of nitrogens with one attached hydrogen (secondary N) is 1. The van der Waals surface area contributed by atoms with Crippen molar-refractivity contribution in [2.75, 3.05) is 49.2 Å². The van der Waals surface area contributed by atoms with E-state index in [1.807, 2.05) is 0 Å². The zero-order valence-corrected chi connectivity index (χ0v) is 18.5. The lowest BCUT2D eigenvalue weighted by molar-refractivity contribution is -0.0956. The minimum Gasteiger partial charge on any atom is -0.380 e. The van der Waals surface area contributed by atoms with Crippen molar-refractivity contribution in [1.82, 2.24) is 9.97 Å². The Labute approximate surface area is 183 Å². The summed E-state index contributed by atoms with van der Waals surface area (Å²) in [5.74, 6) is 0.780. The van der Waals surface area contributed by atoms with E-state index in [-0.39, 0.29) is 16.4 Å². The molecule has 1 aliphatic carbocycles. The van der Waals surface area contributed by atoms with Crippen LogP contribution in [-0.2, 0) is 23.0 Å². The fraction of sp³-hybridized carbons (Fsp3) is 0.600. The van der Waals surface area contributed by atoms with Gasteiger partial charge in [0.05, 0.1) is 18.9 Å². The van der Waals surface area contributed by atoms with Crippen molar-refractivity contribution in [2.24, 2.45) is 5.41 Å². The van der Waals surface area contributed by atoms with Crippen LogP contribution >= 0.6 is 0 Å². The molecule has 3 aliphatic heterocycles. The molecular weight excluding hydrogens is 388 g/mol. The summed E-state index contributed by atoms with van der Waals surface area (Å²) < 4.78 is 5.52. The van der Waals surface area contributed by atoms with Crippen LogP contribution in [0, 0.1) is 5.41 Å². The third-order valence-electron chi connectivity index (χ3n) is 7.98. The molecule has 4 heterocycles. The third kappa shape index (κ3) is 3.18. The summed E-state index contributed by atoms with van der Waals surface area (Å²) in [7, 11) is 0. The molecule has 31 heavy (non-hydrogen) atoms. The van der Waals surface area contributed by atoms with Gasteiger partial charge in [0.1, 0.15) is 0 Å². The number of piperidine rings is 1. The molecule has 2 aromatic rings. The lowest BCUT2D eigenvalue weighted by atomic mass is 9.74. The van der Waals surface area contributed by atoms with Gasteiger partial charge in [-0.2, -0.15) is 0 Å². The molecule has 1 N–H and O–H groups in total. The summed E-state index contributed by atoms with van der Waals surface area (Å²) in [6, 6.07) is 8.99. The van der Waals surface area contributed by atoms with Gasteiger partial charge in [-0.15, -0.1) is 0 Å². The van der Waals surface area contributed by atoms with Crippen molar-refractivity contribution in [3.63, 3.8) is 0 Å². The number of anilines is 2. The van der Waals surface area contributed by atoms with Crippen LogP contribution in [0.2, 0.25) is 0 Å². The number of H-pyrrole nitrogens is 1. The molecule has 0 bridgehead atoms. The van der Waals surface area contributed by atoms with Gasteiger partial charge in [-0.3, -0.25) is 9.78 Å². The molecule has 1 spiro atoms. The standard InChI is InChI=1S/C25H32N4O2/c1-24(16-31-17-24)14-29-15-25(19-7-3-5-9-21(19)29)10-12-28(13-11-25)23-26-20-8-4-2-6-18(20)22(30)27-23/h3,5,7,9H,2,4,6,8,10-17H2,1H3,(H,26,27,30). The molecular formula is C25H32N4O2. The van der Waals surface area contributed by atoms with Crippen LogP contribution in [-0.4, -0.2) is 49.4 Å². The predicted octanol–water partition coefficient (Wildman–Crippen LogP) is 3.04. The van der Waals surface area contributed by atoms with E-state index < -0.39 is 0 Å². The fourth-order valence-electron chi connectivity index (χ4n) is 6.19. The Morgan fingerprint density at radius 3 is 2.68 bits per heavy atom. The van der Waals surface area contributed by atoms with Gasteiger partial charge >= 0.3 is 0 Å². The molecule has 0 amide bonds. The normalized spacial score (nSPS) is 23.4. The van der Waals surface area contributed by atoms with Crippen LogP contribution < -0.4 is 15.4 Å². The zero-order chi connectivity index (χ0) is 21.1. The van der Waals surface area contributed by atoms with Crippen molar-refractivity contribution in [2.45, 2.75) is 50.9 Å². The monoisotopic (exact) mass is 420 g/mol. The van der Waals surface area contributed by atoms with Crippen LogP contribution in [0.3, 0.4) is 0 Å². The van der Waals surface area contributed by atoms with E-state index in [2.05, 4.69) is 46.0 Å². The molecule has 0 radical (unpaired) electrons. The predicted molar refractivity (Wildman–Crippen MR) is 122 cm³/mol. The van der Waals surface area contributed by atoms with E-state index in [9.17, 15) is 4.79 Å². The number of ether oxygens (including phenoxy) is 1. The molecule has 2 fully saturated rings. The quantitative estimate of drug-likeness (QED) is 0.827. The molecule has 1 aromatic carbocycles. The fourth-order valence-corrected chi connectivity index (χ4v) is 6.19. The Bertz CT molecular complexity index is 1050. The molecule has 4 aliphatic rings. The number of hydrogen-bond acceptors (Lipinski definition) is 5. The summed E-state index contributed by atoms with van der Waals surface area (Å²) in [5, 5.41) is 0. The van der Waals surface area contributed by atoms with Crippen LogP contribution in [0.25, 0.3) is 0 Å². The number of para-hydroxylation sites is 1. The molecule has 6 nitrogen and oxygen atoms in total. The van der Waals surface area contributed by atoms with Crippen molar-refractivity contribution in [3.05, 3.63) is 51.4 Å². The van der Waals surface area contributed by atoms with Gasteiger partial charge in [-0.05, 0) is 50.2 Å². The summed E-state index contributed by atoms with van der Waals surface area (Å²) in [6.45, 7) is 8.09. The van der Waals surface area contributed by atoms with E-state index in [1.165, 1.54) is 11.3 Å². The number of aromatic amines is 1. The second-order valence-corrected chi connectivity index (χ2v) is 10.5. The summed E-state index contributed by atoms with van der Waals surface area (Å²) in [4.78, 5) is 25.5. The highest BCUT2D eigenvalue weighted by Gasteiger charge is 2.47. The molecule has 0 atom stereocenters. The zero-order valence-electron chi connectivity index (χ0n) is 18.5. The number of aryl methyl sites for hydroxylation is 1. The second kappa shape index (κ2) is 7.09. The Morgan fingerprint density at radius 2 is 1.90 bits per heavy atom. The maximum Gasteiger partial charge on any atom is 0.255 e. The highest BCUT2D eigenvalue weighted by molar-refractivity contribution is 5.63. The van der Waals surface area contributed by atoms with Gasteiger partial charge in [-0.1, -0.05) is 25.1 Å². The van der Waals surface area contributed by atoms with Crippen LogP contribution in [0.1, 0.15) is 49.4 Å². The van der Waals surface area contributed by atoms with Crippen LogP contribution in [0.15, 0.2) is 29.1 Å². The summed E-state index contributed by atoms with van der Waals surface area (Å²) >= 11 is 0. The van der Waals surface area contributed by atoms with Gasteiger partial charge in [-0.25, -0.2) is 4.98 Å². The Balaban J connectivity index is 1.23. The topological polar surface area (TPSA) is 61.5 Å². The van der Waals surface area contributed by atoms with Crippen molar-refractivity contribution < 1.29 is 4.74 Å². The molecule has 164 valence electrons. The maximum absolute atomic E-state index is 12.6. The van der Waals surface area contributed by atoms with E-state index in [4.69, 9.17) is 9.72 Å². The second-order valence-electron chi connectivity index (χ2n) is 10.5. The molecule has 1 aromatic heterocycles. The molecule has 0 unspecified atom stereocenters. The van der Waals surface area contributed by atoms with Crippen molar-refractivity contribution in [1.29, 1.82) is 0 Å². The summed E-state index contributed by atoms with van der Waals surface area (Å²) in [6.07, 6.45) is 6.24. The first-order valence-corrected chi connectivity index (χ1v) is 11.8. The van der Waals surface area contributed by atoms with Crippen molar-refractivity contribution in [3.8, 4) is 0 Å². The molecule has 2 saturated heterocycles. The maximum atomic E-state index is 12.6. The van der Waals surface area contributed by atoms with E-state index >= 15 is 0 Å². The lowest BCUT2D eigenvalue weighted by Crippen LogP contribution is -2.51. The average Bonchev–Trinajstić information content (AvgIpc) is 3.06. The first kappa shape index (κ1) is 19.4. The Hall–Kier alpha value is -2.34. The van der Waals surface area contributed by atoms with Crippen LogP contribution in [0.5, 0.6) is 0 Å². The average molecular weight is 421 g/mol. The van der Waals surface area contributed by atoms with Gasteiger partial charge < -0.3 is 14.5 Å². The van der Waals surface area contributed by atoms with Gasteiger partial charge in [0.15, 0.2) is 0 Å². The largest absolute Gasteiger partial charge is 0.380 e. The van der Waals surface area contributed by atoms with Gasteiger partial charge in [0.2, 0.25) is 5.95 Å². The number of rotatable bonds is 3. The smallest absolute Gasteiger partial charge is 0.255 e. The highest BCUT2D eigenvalue weighted by Crippen LogP contribution is 2.48. The number of aromatic nitrogens is 2. The first-order valence-electron chi connectivity index (χ1n) is 11.8. The van der Waals surface area contributed by atoms with Gasteiger partial charge in [0, 0.05) is 48.3 Å². The SMILES string of the molecule is CC1(CN2CC3(CCN(c4nc5c(c(=O)[nH]4)CCCC5)CC3)c3ccccc32)COC1. The number of hydrogen-bond donors (Lipinski definition) is 1. The highest BCUT2D eigenvalue weighted by atomic mass is 16.5. The van der Waals surface area contributed by atoms with Gasteiger partial charge in [0.25, 0.3) is 5.56 Å². The van der Waals surface area contributed by atoms with Crippen LogP contribution in [0.4, 0.5) is 11.6 Å². The van der Waals surface area contributed by atoms with E-state index in [0.29, 0.717) is 0 Å². The van der Waals surface area contributed by atoms with Crippen molar-refractivity contribution >= 4 is 11.6 Å². The summed E-state index contributed by atoms with van der Waals surface area (Å²) in [5.41, 5.74) is 5.40. The number of fused-ring (bicyclic) bond motifs is 3. The lowest BCUT2D eigenvalue weighted by Gasteiger charge is -2.43. The molecule has 6 heteroatoms. The molecule has 0 saturated carbocycles. The number of benzene rings is 1. The first-order chi connectivity index (χ1) is 15.1. The number of nitrogens with zero attached hydrogens (tertiary/aromatic N) is 3. The third-order valence-corrected chi connectivity index (χ3v) is 7.98. The Morgan fingerprint density at radius 1 is 1.13 bits per heavy atom.